The minimum atomic E-state index is -1.70. The van der Waals surface area contributed by atoms with E-state index in [4.69, 9.17) is 10.0 Å². The first-order valence-electron chi connectivity index (χ1n) is 9.79. The van der Waals surface area contributed by atoms with Crippen LogP contribution in [-0.2, 0) is 25.5 Å². The second-order valence-corrected chi connectivity index (χ2v) is 6.36. The van der Waals surface area contributed by atoms with E-state index in [2.05, 4.69) is 39.9 Å². The summed E-state index contributed by atoms with van der Waals surface area (Å²) in [4.78, 5) is 47.0. The molecule has 1 atom stereocenters. The first kappa shape index (κ1) is 27.9. The molecule has 0 spiro atoms. The molecule has 12 heteroatoms. The number of amides is 4. The second kappa shape index (κ2) is 16.7. The van der Waals surface area contributed by atoms with E-state index in [9.17, 15) is 19.2 Å². The summed E-state index contributed by atoms with van der Waals surface area (Å²) in [6.45, 7) is 3.45. The van der Waals surface area contributed by atoms with Crippen LogP contribution in [0.2, 0.25) is 0 Å². The smallest absolute Gasteiger partial charge is 0.453 e. The molecule has 1 unspecified atom stereocenters. The molecule has 6 N–H and O–H groups in total. The van der Waals surface area contributed by atoms with E-state index in [1.54, 1.807) is 30.3 Å². The molecule has 0 aliphatic carbocycles. The third kappa shape index (κ3) is 14.5. The number of nitrogens with one attached hydrogen (secondary N) is 4. The van der Waals surface area contributed by atoms with E-state index in [0.29, 0.717) is 0 Å². The number of hydrogen-bond acceptors (Lipinski definition) is 7. The Labute approximate surface area is 182 Å². The van der Waals surface area contributed by atoms with Crippen LogP contribution < -0.4 is 21.3 Å². The number of methoxy groups -OCH3 is 1. The van der Waals surface area contributed by atoms with Crippen LogP contribution in [0, 0.1) is 0 Å². The van der Waals surface area contributed by atoms with Crippen LogP contribution in [0.4, 0.5) is 4.79 Å². The summed E-state index contributed by atoms with van der Waals surface area (Å²) >= 11 is 0. The predicted octanol–water partition coefficient (Wildman–Crippen LogP) is -1.27. The van der Waals surface area contributed by atoms with Crippen molar-refractivity contribution in [2.75, 3.05) is 26.6 Å². The van der Waals surface area contributed by atoms with Gasteiger partial charge in [-0.25, -0.2) is 4.79 Å². The quantitative estimate of drug-likeness (QED) is 0.248. The van der Waals surface area contributed by atoms with Crippen molar-refractivity contribution in [2.24, 2.45) is 0 Å². The van der Waals surface area contributed by atoms with Gasteiger partial charge < -0.3 is 36.1 Å². The molecular weight excluding hydrogens is 407 g/mol. The fourth-order valence-electron chi connectivity index (χ4n) is 2.09. The lowest BCUT2D eigenvalue weighted by atomic mass is 9.92. The molecule has 0 aliphatic heterocycles. The van der Waals surface area contributed by atoms with Gasteiger partial charge in [0.15, 0.2) is 0 Å². The van der Waals surface area contributed by atoms with Gasteiger partial charge in [-0.2, -0.15) is 0 Å². The highest BCUT2D eigenvalue weighted by Gasteiger charge is 2.22. The highest BCUT2D eigenvalue weighted by molar-refractivity contribution is 6.41. The molecule has 11 nitrogen and oxygen atoms in total. The van der Waals surface area contributed by atoms with Crippen LogP contribution in [0.3, 0.4) is 0 Å². The van der Waals surface area contributed by atoms with Gasteiger partial charge in [0.1, 0.15) is 12.6 Å². The van der Waals surface area contributed by atoms with Crippen LogP contribution in [0.5, 0.6) is 0 Å². The maximum Gasteiger partial charge on any atom is 0.472 e. The summed E-state index contributed by atoms with van der Waals surface area (Å²) in [5, 5.41) is 26.7. The highest BCUT2D eigenvalue weighted by atomic mass is 16.5. The van der Waals surface area contributed by atoms with E-state index >= 15 is 0 Å². The van der Waals surface area contributed by atoms with Gasteiger partial charge in [-0.05, 0) is 5.56 Å². The topological polar surface area (TPSA) is 166 Å². The highest BCUT2D eigenvalue weighted by Crippen LogP contribution is 2.03. The predicted molar refractivity (Wildman–Crippen MR) is 115 cm³/mol. The molecule has 4 amide bonds. The van der Waals surface area contributed by atoms with E-state index in [-0.39, 0.29) is 19.4 Å². The van der Waals surface area contributed by atoms with Crippen LogP contribution in [0.1, 0.15) is 25.8 Å². The van der Waals surface area contributed by atoms with E-state index in [1.165, 1.54) is 6.42 Å². The summed E-state index contributed by atoms with van der Waals surface area (Å²) in [6.07, 6.45) is 0.244. The van der Waals surface area contributed by atoms with Gasteiger partial charge in [-0.3, -0.25) is 14.4 Å². The monoisotopic (exact) mass is 438 g/mol. The maximum atomic E-state index is 12.4. The Kier molecular flexibility index (Phi) is 15.0. The summed E-state index contributed by atoms with van der Waals surface area (Å²) in [5.41, 5.74) is 0.775. The first-order valence-corrected chi connectivity index (χ1v) is 9.79. The number of benzene rings is 1. The molecule has 0 fully saturated rings. The van der Waals surface area contributed by atoms with Crippen molar-refractivity contribution >= 4 is 30.9 Å². The van der Waals surface area contributed by atoms with Gasteiger partial charge in [-0.15, -0.1) is 0 Å². The zero-order chi connectivity index (χ0) is 23.6. The molecule has 0 aromatic heterocycles. The summed E-state index contributed by atoms with van der Waals surface area (Å²) < 4.78 is 4.36. The van der Waals surface area contributed by atoms with Gasteiger partial charge in [0.2, 0.25) is 17.7 Å². The van der Waals surface area contributed by atoms with Crippen LogP contribution in [-0.4, -0.2) is 73.7 Å². The molecule has 0 aliphatic rings. The third-order valence-electron chi connectivity index (χ3n) is 3.42. The van der Waals surface area contributed by atoms with Crippen molar-refractivity contribution in [1.29, 1.82) is 0 Å². The number of alkyl carbamates (subject to hydrolysis) is 1. The van der Waals surface area contributed by atoms with Gasteiger partial charge >= 0.3 is 13.2 Å². The Balaban J connectivity index is 0.00000282. The number of carbonyl (C=O) groups is 4. The number of rotatable bonds is 10. The standard InChI is InChI=1S/C16H23BN4O7.C3H8/c1-28-16(25)19-9-14(23)21-12(7-11-5-3-2-4-6-11)15(24)18-8-13(22)20-10-17(26)27;1-3-2/h2-6,12,26-27H,7-10H2,1H3,(H,18,24)(H,19,25)(H,20,22)(H,21,23);3H2,1-2H3. The van der Waals surface area contributed by atoms with Crippen LogP contribution in [0.15, 0.2) is 30.3 Å². The molecule has 172 valence electrons. The van der Waals surface area contributed by atoms with Gasteiger partial charge in [0.25, 0.3) is 0 Å². The summed E-state index contributed by atoms with van der Waals surface area (Å²) in [6, 6.07) is 7.91. The molecule has 0 saturated heterocycles. The van der Waals surface area contributed by atoms with Crippen LogP contribution >= 0.6 is 0 Å². The average molecular weight is 438 g/mol. The van der Waals surface area contributed by atoms with E-state index < -0.39 is 43.5 Å². The molecule has 0 radical (unpaired) electrons. The summed E-state index contributed by atoms with van der Waals surface area (Å²) in [7, 11) is -0.549. The minimum absolute atomic E-state index is 0.160. The van der Waals surface area contributed by atoms with Crippen molar-refractivity contribution in [3.63, 3.8) is 0 Å². The SMILES string of the molecule is CCC.COC(=O)NCC(=O)NC(Cc1ccccc1)C(=O)NCC(=O)NCB(O)O. The van der Waals surface area contributed by atoms with Crippen molar-refractivity contribution in [1.82, 2.24) is 21.3 Å². The third-order valence-corrected chi connectivity index (χ3v) is 3.42. The van der Waals surface area contributed by atoms with Crippen molar-refractivity contribution in [3.8, 4) is 0 Å². The Morgan fingerprint density at radius 2 is 1.55 bits per heavy atom. The Morgan fingerprint density at radius 1 is 0.968 bits per heavy atom. The minimum Gasteiger partial charge on any atom is -0.453 e. The molecule has 1 rings (SSSR count). The fraction of sp³-hybridized carbons (Fsp3) is 0.474. The van der Waals surface area contributed by atoms with Gasteiger partial charge in [0.05, 0.1) is 20.1 Å². The lowest BCUT2D eigenvalue weighted by Crippen LogP contribution is -2.52. The number of carbonyl (C=O) groups excluding carboxylic acids is 4. The maximum absolute atomic E-state index is 12.4. The van der Waals surface area contributed by atoms with Crippen molar-refractivity contribution < 1.29 is 34.0 Å². The lowest BCUT2D eigenvalue weighted by molar-refractivity contribution is -0.130. The van der Waals surface area contributed by atoms with Crippen LogP contribution in [0.25, 0.3) is 0 Å². The van der Waals surface area contributed by atoms with E-state index in [0.717, 1.165) is 12.7 Å². The Hall–Kier alpha value is -3.12. The molecule has 0 saturated carbocycles. The Morgan fingerprint density at radius 3 is 2.10 bits per heavy atom. The zero-order valence-corrected chi connectivity index (χ0v) is 18.0. The molecule has 1 aromatic carbocycles. The molecular formula is C19H31BN4O7. The number of ether oxygens (including phenoxy) is 1. The average Bonchev–Trinajstić information content (AvgIpc) is 2.75. The zero-order valence-electron chi connectivity index (χ0n) is 18.0. The lowest BCUT2D eigenvalue weighted by Gasteiger charge is -2.19. The molecule has 31 heavy (non-hydrogen) atoms. The molecule has 1 aromatic rings. The van der Waals surface area contributed by atoms with E-state index in [1.807, 2.05) is 0 Å². The number of hydrogen-bond donors (Lipinski definition) is 6. The van der Waals surface area contributed by atoms with Crippen molar-refractivity contribution in [2.45, 2.75) is 32.7 Å². The Bertz CT molecular complexity index is 689. The first-order chi connectivity index (χ1) is 14.7. The van der Waals surface area contributed by atoms with Gasteiger partial charge in [0, 0.05) is 6.42 Å². The van der Waals surface area contributed by atoms with Crippen molar-refractivity contribution in [3.05, 3.63) is 35.9 Å². The molecule has 0 bridgehead atoms. The second-order valence-electron chi connectivity index (χ2n) is 6.36. The molecule has 0 heterocycles. The normalized spacial score (nSPS) is 10.5. The largest absolute Gasteiger partial charge is 0.472 e. The van der Waals surface area contributed by atoms with Gasteiger partial charge in [-0.1, -0.05) is 50.6 Å². The summed E-state index contributed by atoms with van der Waals surface area (Å²) in [5.74, 6) is -1.86. The fourth-order valence-corrected chi connectivity index (χ4v) is 2.09.